The van der Waals surface area contributed by atoms with Gasteiger partial charge in [0, 0.05) is 39.3 Å². The van der Waals surface area contributed by atoms with Crippen LogP contribution in [0.25, 0.3) is 0 Å². The van der Waals surface area contributed by atoms with Crippen molar-refractivity contribution in [1.82, 2.24) is 18.8 Å². The number of fused-ring (bicyclic) bond motifs is 1. The van der Waals surface area contributed by atoms with Crippen LogP contribution < -0.4 is 5.32 Å². The first-order chi connectivity index (χ1) is 13.5. The standard InChI is InChI=1S/C20H32N4O3S/c1-3-23(4-2)28(26,27)24-14-12-22(13-15-24)16-20(25)21-19-11-7-9-17-8-5-6-10-18(17)19/h5-6,8,10,19H,3-4,7,9,11-16H2,1-2H3,(H,21,25). The average molecular weight is 409 g/mol. The van der Waals surface area contributed by atoms with Gasteiger partial charge in [-0.05, 0) is 30.4 Å². The zero-order valence-corrected chi connectivity index (χ0v) is 17.7. The number of hydrogen-bond donors (Lipinski definition) is 1. The van der Waals surface area contributed by atoms with Gasteiger partial charge in [0.25, 0.3) is 10.2 Å². The summed E-state index contributed by atoms with van der Waals surface area (Å²) in [6, 6.07) is 8.41. The smallest absolute Gasteiger partial charge is 0.282 e. The number of aryl methyl sites for hydroxylation is 1. The normalized spacial score (nSPS) is 21.5. The molecule has 0 spiro atoms. The second kappa shape index (κ2) is 9.35. The van der Waals surface area contributed by atoms with Gasteiger partial charge in [-0.25, -0.2) is 0 Å². The first-order valence-electron chi connectivity index (χ1n) is 10.3. The van der Waals surface area contributed by atoms with Gasteiger partial charge in [0.1, 0.15) is 0 Å². The SMILES string of the molecule is CCN(CC)S(=O)(=O)N1CCN(CC(=O)NC2CCCc3ccccc32)CC1. The summed E-state index contributed by atoms with van der Waals surface area (Å²) in [5.74, 6) is 0.0155. The molecule has 1 aromatic rings. The van der Waals surface area contributed by atoms with Gasteiger partial charge in [-0.3, -0.25) is 9.69 Å². The van der Waals surface area contributed by atoms with Crippen molar-refractivity contribution in [3.8, 4) is 0 Å². The number of nitrogens with zero attached hydrogens (tertiary/aromatic N) is 3. The molecule has 1 fully saturated rings. The quantitative estimate of drug-likeness (QED) is 0.740. The second-order valence-electron chi connectivity index (χ2n) is 7.48. The van der Waals surface area contributed by atoms with Crippen LogP contribution in [-0.4, -0.2) is 73.6 Å². The molecule has 0 aromatic heterocycles. The van der Waals surface area contributed by atoms with Gasteiger partial charge in [-0.15, -0.1) is 0 Å². The van der Waals surface area contributed by atoms with Gasteiger partial charge in [0.15, 0.2) is 0 Å². The van der Waals surface area contributed by atoms with Gasteiger partial charge in [0.05, 0.1) is 12.6 Å². The molecule has 8 heteroatoms. The van der Waals surface area contributed by atoms with E-state index < -0.39 is 10.2 Å². The summed E-state index contributed by atoms with van der Waals surface area (Å²) in [5.41, 5.74) is 2.56. The fourth-order valence-corrected chi connectivity index (χ4v) is 5.78. The molecule has 1 unspecified atom stereocenters. The molecule has 1 aromatic carbocycles. The van der Waals surface area contributed by atoms with Crippen LogP contribution in [0.2, 0.25) is 0 Å². The van der Waals surface area contributed by atoms with Crippen LogP contribution in [0.5, 0.6) is 0 Å². The van der Waals surface area contributed by atoms with Gasteiger partial charge >= 0.3 is 0 Å². The van der Waals surface area contributed by atoms with Crippen LogP contribution in [-0.2, 0) is 21.4 Å². The molecule has 1 N–H and O–H groups in total. The third-order valence-electron chi connectivity index (χ3n) is 5.76. The highest BCUT2D eigenvalue weighted by Gasteiger charge is 2.31. The van der Waals surface area contributed by atoms with Crippen LogP contribution in [0.4, 0.5) is 0 Å². The minimum Gasteiger partial charge on any atom is -0.348 e. The third kappa shape index (κ3) is 4.74. The number of piperazine rings is 1. The van der Waals surface area contributed by atoms with Crippen LogP contribution in [0.15, 0.2) is 24.3 Å². The van der Waals surface area contributed by atoms with Crippen molar-refractivity contribution in [2.45, 2.75) is 39.2 Å². The van der Waals surface area contributed by atoms with E-state index in [0.29, 0.717) is 45.8 Å². The van der Waals surface area contributed by atoms with Crippen molar-refractivity contribution in [3.63, 3.8) is 0 Å². The van der Waals surface area contributed by atoms with E-state index in [1.807, 2.05) is 24.8 Å². The maximum absolute atomic E-state index is 12.6. The summed E-state index contributed by atoms with van der Waals surface area (Å²) < 4.78 is 28.2. The number of amides is 1. The molecule has 28 heavy (non-hydrogen) atoms. The monoisotopic (exact) mass is 408 g/mol. The molecular formula is C20H32N4O3S. The van der Waals surface area contributed by atoms with Crippen molar-refractivity contribution >= 4 is 16.1 Å². The summed E-state index contributed by atoms with van der Waals surface area (Å²) in [7, 11) is -3.39. The van der Waals surface area contributed by atoms with E-state index in [1.54, 1.807) is 0 Å². The van der Waals surface area contributed by atoms with E-state index in [0.717, 1.165) is 19.3 Å². The topological polar surface area (TPSA) is 73.0 Å². The highest BCUT2D eigenvalue weighted by Crippen LogP contribution is 2.29. The molecule has 3 rings (SSSR count). The highest BCUT2D eigenvalue weighted by atomic mass is 32.2. The molecule has 0 bridgehead atoms. The van der Waals surface area contributed by atoms with Gasteiger partial charge in [-0.1, -0.05) is 38.1 Å². The summed E-state index contributed by atoms with van der Waals surface area (Å²) in [5, 5.41) is 3.18. The van der Waals surface area contributed by atoms with Crippen LogP contribution in [0.1, 0.15) is 43.9 Å². The second-order valence-corrected chi connectivity index (χ2v) is 9.41. The Bertz CT molecular complexity index is 771. The number of carbonyl (C=O) groups excluding carboxylic acids is 1. The molecule has 156 valence electrons. The van der Waals surface area contributed by atoms with Crippen LogP contribution in [0.3, 0.4) is 0 Å². The highest BCUT2D eigenvalue weighted by molar-refractivity contribution is 7.86. The Balaban J connectivity index is 1.51. The average Bonchev–Trinajstić information content (AvgIpc) is 2.69. The van der Waals surface area contributed by atoms with E-state index in [-0.39, 0.29) is 11.9 Å². The number of nitrogens with one attached hydrogen (secondary N) is 1. The fraction of sp³-hybridized carbons (Fsp3) is 0.650. The molecule has 1 aliphatic carbocycles. The lowest BCUT2D eigenvalue weighted by molar-refractivity contribution is -0.123. The molecule has 0 radical (unpaired) electrons. The zero-order valence-electron chi connectivity index (χ0n) is 16.9. The predicted molar refractivity (Wildman–Crippen MR) is 110 cm³/mol. The molecule has 7 nitrogen and oxygen atoms in total. The van der Waals surface area contributed by atoms with Crippen molar-refractivity contribution in [3.05, 3.63) is 35.4 Å². The van der Waals surface area contributed by atoms with E-state index in [2.05, 4.69) is 23.5 Å². The lowest BCUT2D eigenvalue weighted by Gasteiger charge is -2.36. The maximum Gasteiger partial charge on any atom is 0.282 e. The van der Waals surface area contributed by atoms with Gasteiger partial charge in [0.2, 0.25) is 5.91 Å². The zero-order chi connectivity index (χ0) is 20.1. The predicted octanol–water partition coefficient (Wildman–Crippen LogP) is 1.38. The summed E-state index contributed by atoms with van der Waals surface area (Å²) in [6.45, 7) is 6.99. The van der Waals surface area contributed by atoms with Gasteiger partial charge in [-0.2, -0.15) is 17.0 Å². The molecule has 0 saturated carbocycles. The molecule has 1 amide bonds. The van der Waals surface area contributed by atoms with Crippen molar-refractivity contribution < 1.29 is 13.2 Å². The summed E-state index contributed by atoms with van der Waals surface area (Å²) in [6.07, 6.45) is 3.13. The Kier molecular flexibility index (Phi) is 7.09. The minimum absolute atomic E-state index is 0.0155. The Hall–Kier alpha value is -1.48. The Morgan fingerprint density at radius 1 is 1.14 bits per heavy atom. The Morgan fingerprint density at radius 3 is 2.50 bits per heavy atom. The van der Waals surface area contributed by atoms with Gasteiger partial charge < -0.3 is 5.32 Å². The lowest BCUT2D eigenvalue weighted by Crippen LogP contribution is -2.54. The molecule has 1 heterocycles. The molecule has 1 atom stereocenters. The summed E-state index contributed by atoms with van der Waals surface area (Å²) in [4.78, 5) is 14.6. The molecule has 1 aliphatic heterocycles. The van der Waals surface area contributed by atoms with E-state index in [4.69, 9.17) is 0 Å². The number of hydrogen-bond acceptors (Lipinski definition) is 4. The van der Waals surface area contributed by atoms with Crippen molar-refractivity contribution in [2.75, 3.05) is 45.8 Å². The first-order valence-corrected chi connectivity index (χ1v) is 11.7. The summed E-state index contributed by atoms with van der Waals surface area (Å²) >= 11 is 0. The van der Waals surface area contributed by atoms with Crippen LogP contribution in [0, 0.1) is 0 Å². The third-order valence-corrected chi connectivity index (χ3v) is 7.95. The lowest BCUT2D eigenvalue weighted by atomic mass is 9.88. The number of benzene rings is 1. The first kappa shape index (κ1) is 21.2. The van der Waals surface area contributed by atoms with E-state index >= 15 is 0 Å². The maximum atomic E-state index is 12.6. The number of rotatable bonds is 7. The van der Waals surface area contributed by atoms with Crippen LogP contribution >= 0.6 is 0 Å². The Labute approximate surface area is 168 Å². The fourth-order valence-electron chi connectivity index (χ4n) is 4.18. The molecule has 1 saturated heterocycles. The Morgan fingerprint density at radius 2 is 1.82 bits per heavy atom. The largest absolute Gasteiger partial charge is 0.348 e. The molecular weight excluding hydrogens is 376 g/mol. The van der Waals surface area contributed by atoms with E-state index in [1.165, 1.54) is 19.7 Å². The van der Waals surface area contributed by atoms with E-state index in [9.17, 15) is 13.2 Å². The van der Waals surface area contributed by atoms with Crippen molar-refractivity contribution in [2.24, 2.45) is 0 Å². The molecule has 2 aliphatic rings. The number of carbonyl (C=O) groups is 1. The van der Waals surface area contributed by atoms with Crippen molar-refractivity contribution in [1.29, 1.82) is 0 Å². The minimum atomic E-state index is -3.39.